The molecule has 2 rings (SSSR count). The van der Waals surface area contributed by atoms with Gasteiger partial charge in [-0.25, -0.2) is 4.39 Å². The van der Waals surface area contributed by atoms with Gasteiger partial charge in [-0.15, -0.1) is 0 Å². The van der Waals surface area contributed by atoms with Gasteiger partial charge in [0.2, 0.25) is 0 Å². The molecule has 0 aromatic heterocycles. The molecular formula is C12H16FNO. The average molecular weight is 209 g/mol. The summed E-state index contributed by atoms with van der Waals surface area (Å²) in [6, 6.07) is 6.06. The first-order valence-corrected chi connectivity index (χ1v) is 5.39. The molecule has 2 atom stereocenters. The highest BCUT2D eigenvalue weighted by molar-refractivity contribution is 5.32. The smallest absolute Gasteiger partial charge is 0.165 e. The molecule has 1 aromatic rings. The van der Waals surface area contributed by atoms with Gasteiger partial charge in [0.05, 0.1) is 6.61 Å². The van der Waals surface area contributed by atoms with Crippen LogP contribution in [-0.2, 0) is 0 Å². The van der Waals surface area contributed by atoms with Crippen LogP contribution in [0.1, 0.15) is 31.9 Å². The summed E-state index contributed by atoms with van der Waals surface area (Å²) in [5, 5.41) is 3.33. The molecule has 0 amide bonds. The fourth-order valence-corrected chi connectivity index (χ4v) is 1.91. The van der Waals surface area contributed by atoms with Gasteiger partial charge < -0.3 is 10.1 Å². The van der Waals surface area contributed by atoms with E-state index < -0.39 is 0 Å². The first-order chi connectivity index (χ1) is 7.20. The Hall–Kier alpha value is -1.09. The van der Waals surface area contributed by atoms with Crippen LogP contribution < -0.4 is 10.1 Å². The maximum Gasteiger partial charge on any atom is 0.165 e. The zero-order valence-corrected chi connectivity index (χ0v) is 9.09. The molecule has 0 spiro atoms. The van der Waals surface area contributed by atoms with Crippen LogP contribution in [0.2, 0.25) is 0 Å². The molecule has 1 N–H and O–H groups in total. The van der Waals surface area contributed by atoms with Crippen molar-refractivity contribution in [1.82, 2.24) is 5.32 Å². The zero-order valence-electron chi connectivity index (χ0n) is 9.09. The number of ether oxygens (including phenoxy) is 1. The number of halogens is 1. The van der Waals surface area contributed by atoms with E-state index in [9.17, 15) is 4.39 Å². The average Bonchev–Trinajstić information content (AvgIpc) is 2.17. The van der Waals surface area contributed by atoms with Crippen molar-refractivity contribution in [3.05, 3.63) is 29.6 Å². The van der Waals surface area contributed by atoms with Crippen molar-refractivity contribution < 1.29 is 9.13 Å². The summed E-state index contributed by atoms with van der Waals surface area (Å²) in [6.07, 6.45) is 1.08. The maximum atomic E-state index is 13.5. The number of hydrogen-bond acceptors (Lipinski definition) is 2. The van der Waals surface area contributed by atoms with E-state index in [-0.39, 0.29) is 5.82 Å². The lowest BCUT2D eigenvalue weighted by atomic mass is 9.92. The van der Waals surface area contributed by atoms with E-state index in [1.54, 1.807) is 12.1 Å². The van der Waals surface area contributed by atoms with Gasteiger partial charge in [-0.3, -0.25) is 0 Å². The largest absolute Gasteiger partial charge is 0.491 e. The van der Waals surface area contributed by atoms with Crippen LogP contribution in [-0.4, -0.2) is 12.6 Å². The Kier molecular flexibility index (Phi) is 2.91. The van der Waals surface area contributed by atoms with E-state index in [0.717, 1.165) is 12.0 Å². The van der Waals surface area contributed by atoms with Gasteiger partial charge in [0, 0.05) is 12.1 Å². The number of nitrogens with one attached hydrogen (secondary N) is 1. The molecular weight excluding hydrogens is 193 g/mol. The maximum absolute atomic E-state index is 13.5. The normalized spacial score (nSPS) is 24.7. The Morgan fingerprint density at radius 2 is 2.27 bits per heavy atom. The second-order valence-electron chi connectivity index (χ2n) is 3.98. The molecule has 1 heterocycles. The summed E-state index contributed by atoms with van der Waals surface area (Å²) in [7, 11) is 0. The fraction of sp³-hybridized carbons (Fsp3) is 0.500. The molecule has 0 saturated carbocycles. The molecule has 1 saturated heterocycles. The van der Waals surface area contributed by atoms with Crippen LogP contribution in [0.5, 0.6) is 5.75 Å². The molecule has 0 bridgehead atoms. The lowest BCUT2D eigenvalue weighted by Gasteiger charge is -2.35. The van der Waals surface area contributed by atoms with Gasteiger partial charge in [0.25, 0.3) is 0 Å². The molecule has 0 aliphatic carbocycles. The minimum Gasteiger partial charge on any atom is -0.491 e. The van der Waals surface area contributed by atoms with E-state index >= 15 is 0 Å². The van der Waals surface area contributed by atoms with Crippen LogP contribution >= 0.6 is 0 Å². The monoisotopic (exact) mass is 209 g/mol. The van der Waals surface area contributed by atoms with Crippen molar-refractivity contribution in [3.8, 4) is 5.75 Å². The molecule has 1 fully saturated rings. The summed E-state index contributed by atoms with van der Waals surface area (Å²) in [5.74, 6) is 0.0734. The first kappa shape index (κ1) is 10.4. The number of rotatable bonds is 3. The summed E-state index contributed by atoms with van der Waals surface area (Å²) < 4.78 is 18.7. The summed E-state index contributed by atoms with van der Waals surface area (Å²) in [6.45, 7) is 4.47. The molecule has 1 aliphatic rings. The van der Waals surface area contributed by atoms with Gasteiger partial charge >= 0.3 is 0 Å². The van der Waals surface area contributed by atoms with Crippen LogP contribution in [0.4, 0.5) is 4.39 Å². The van der Waals surface area contributed by atoms with Gasteiger partial charge in [-0.1, -0.05) is 6.07 Å². The Morgan fingerprint density at radius 1 is 1.53 bits per heavy atom. The van der Waals surface area contributed by atoms with Gasteiger partial charge in [0.15, 0.2) is 11.6 Å². The number of benzene rings is 1. The summed E-state index contributed by atoms with van der Waals surface area (Å²) in [4.78, 5) is 0. The molecule has 1 aliphatic heterocycles. The molecule has 2 unspecified atom stereocenters. The second kappa shape index (κ2) is 4.19. The third kappa shape index (κ3) is 2.12. The summed E-state index contributed by atoms with van der Waals surface area (Å²) in [5.41, 5.74) is 1.01. The predicted molar refractivity (Wildman–Crippen MR) is 57.5 cm³/mol. The van der Waals surface area contributed by atoms with Gasteiger partial charge in [-0.2, -0.15) is 0 Å². The lowest BCUT2D eigenvalue weighted by molar-refractivity contribution is 0.285. The van der Waals surface area contributed by atoms with E-state index in [4.69, 9.17) is 4.74 Å². The Balaban J connectivity index is 2.11. The van der Waals surface area contributed by atoms with Crippen molar-refractivity contribution in [2.45, 2.75) is 32.4 Å². The van der Waals surface area contributed by atoms with E-state index in [1.807, 2.05) is 13.0 Å². The van der Waals surface area contributed by atoms with Crippen LogP contribution in [0.25, 0.3) is 0 Å². The third-order valence-corrected chi connectivity index (χ3v) is 2.73. The van der Waals surface area contributed by atoms with Crippen LogP contribution in [0.15, 0.2) is 18.2 Å². The molecule has 2 nitrogen and oxygen atoms in total. The molecule has 15 heavy (non-hydrogen) atoms. The van der Waals surface area contributed by atoms with E-state index in [2.05, 4.69) is 12.2 Å². The predicted octanol–water partition coefficient (Wildman–Crippen LogP) is 2.65. The first-order valence-electron chi connectivity index (χ1n) is 5.39. The van der Waals surface area contributed by atoms with E-state index in [0.29, 0.717) is 24.4 Å². The van der Waals surface area contributed by atoms with Crippen LogP contribution in [0, 0.1) is 5.82 Å². The Bertz CT molecular complexity index is 347. The topological polar surface area (TPSA) is 21.3 Å². The fourth-order valence-electron chi connectivity index (χ4n) is 1.91. The standard InChI is InChI=1S/C12H16FNO/c1-3-15-12-5-4-9(7-10(12)13)11-6-8(2)14-11/h4-5,7-8,11,14H,3,6H2,1-2H3. The highest BCUT2D eigenvalue weighted by atomic mass is 19.1. The lowest BCUT2D eigenvalue weighted by Crippen LogP contribution is -2.43. The minimum absolute atomic E-state index is 0.268. The number of hydrogen-bond donors (Lipinski definition) is 1. The van der Waals surface area contributed by atoms with Gasteiger partial charge in [-0.05, 0) is 38.0 Å². The van der Waals surface area contributed by atoms with E-state index in [1.165, 1.54) is 0 Å². The molecule has 0 radical (unpaired) electrons. The zero-order chi connectivity index (χ0) is 10.8. The van der Waals surface area contributed by atoms with Crippen LogP contribution in [0.3, 0.4) is 0 Å². The van der Waals surface area contributed by atoms with Crippen molar-refractivity contribution in [2.75, 3.05) is 6.61 Å². The quantitative estimate of drug-likeness (QED) is 0.826. The minimum atomic E-state index is -0.268. The highest BCUT2D eigenvalue weighted by Gasteiger charge is 2.26. The van der Waals surface area contributed by atoms with Crippen molar-refractivity contribution in [3.63, 3.8) is 0 Å². The summed E-state index contributed by atoms with van der Waals surface area (Å²) >= 11 is 0. The highest BCUT2D eigenvalue weighted by Crippen LogP contribution is 2.30. The third-order valence-electron chi connectivity index (χ3n) is 2.73. The van der Waals surface area contributed by atoms with Crippen molar-refractivity contribution in [2.24, 2.45) is 0 Å². The Morgan fingerprint density at radius 3 is 2.80 bits per heavy atom. The van der Waals surface area contributed by atoms with Gasteiger partial charge in [0.1, 0.15) is 0 Å². The van der Waals surface area contributed by atoms with Crippen molar-refractivity contribution in [1.29, 1.82) is 0 Å². The molecule has 3 heteroatoms. The molecule has 82 valence electrons. The SMILES string of the molecule is CCOc1ccc(C2CC(C)N2)cc1F. The van der Waals surface area contributed by atoms with Crippen molar-refractivity contribution >= 4 is 0 Å². The Labute approximate surface area is 89.4 Å². The second-order valence-corrected chi connectivity index (χ2v) is 3.98. The molecule has 1 aromatic carbocycles.